The van der Waals surface area contributed by atoms with Crippen LogP contribution < -0.4 is 9.80 Å². The van der Waals surface area contributed by atoms with Crippen molar-refractivity contribution in [1.29, 1.82) is 0 Å². The number of ketones is 1. The molecule has 0 unspecified atom stereocenters. The number of anilines is 2. The molecule has 2 fully saturated rings. The monoisotopic (exact) mass is 480 g/mol. The summed E-state index contributed by atoms with van der Waals surface area (Å²) in [6, 6.07) is 3.23. The molecule has 2 saturated heterocycles. The van der Waals surface area contributed by atoms with Crippen molar-refractivity contribution >= 4 is 23.6 Å². The van der Waals surface area contributed by atoms with Crippen LogP contribution in [-0.4, -0.2) is 53.0 Å². The Morgan fingerprint density at radius 3 is 2.35 bits per heavy atom. The van der Waals surface area contributed by atoms with Crippen molar-refractivity contribution in [3.05, 3.63) is 35.3 Å². The average Bonchev–Trinajstić information content (AvgIpc) is 3.27. The lowest BCUT2D eigenvalue weighted by molar-refractivity contribution is -0.141. The molecule has 2 aliphatic heterocycles. The average molecular weight is 480 g/mol. The lowest BCUT2D eigenvalue weighted by Gasteiger charge is -2.32. The molecule has 8 nitrogen and oxygen atoms in total. The van der Waals surface area contributed by atoms with Crippen LogP contribution in [0, 0.1) is 5.92 Å². The van der Waals surface area contributed by atoms with Crippen LogP contribution in [0.25, 0.3) is 0 Å². The summed E-state index contributed by atoms with van der Waals surface area (Å²) in [6.07, 6.45) is 0.722. The minimum Gasteiger partial charge on any atom is -0.481 e. The summed E-state index contributed by atoms with van der Waals surface area (Å²) in [5, 5.41) is 8.93. The molecular formula is C23H27F3N4O4. The van der Waals surface area contributed by atoms with Crippen molar-refractivity contribution in [2.24, 2.45) is 5.92 Å². The highest BCUT2D eigenvalue weighted by atomic mass is 19.4. The SMILES string of the molecule is O=C(O)CC1CCN(c2ccc(CC(=O)c3oc(N4CCCCC4)nc3C(F)(F)F)cn2)CC1. The van der Waals surface area contributed by atoms with Crippen LogP contribution in [0.5, 0.6) is 0 Å². The van der Waals surface area contributed by atoms with Crippen LogP contribution in [0.3, 0.4) is 0 Å². The molecule has 0 atom stereocenters. The highest BCUT2D eigenvalue weighted by molar-refractivity contribution is 5.96. The number of carboxylic acid groups (broad SMARTS) is 1. The van der Waals surface area contributed by atoms with Crippen LogP contribution in [0.4, 0.5) is 25.0 Å². The number of carbonyl (C=O) groups is 2. The summed E-state index contributed by atoms with van der Waals surface area (Å²) < 4.78 is 46.0. The van der Waals surface area contributed by atoms with E-state index in [1.54, 1.807) is 17.0 Å². The van der Waals surface area contributed by atoms with Crippen molar-refractivity contribution < 1.29 is 32.3 Å². The highest BCUT2D eigenvalue weighted by Gasteiger charge is 2.41. The Kier molecular flexibility index (Phi) is 7.08. The van der Waals surface area contributed by atoms with E-state index in [-0.39, 0.29) is 24.8 Å². The van der Waals surface area contributed by atoms with Crippen LogP contribution in [0.2, 0.25) is 0 Å². The van der Waals surface area contributed by atoms with Crippen LogP contribution in [-0.2, 0) is 17.4 Å². The number of oxazole rings is 1. The summed E-state index contributed by atoms with van der Waals surface area (Å²) in [7, 11) is 0. The molecule has 0 aromatic carbocycles. The van der Waals surface area contributed by atoms with Crippen molar-refractivity contribution in [1.82, 2.24) is 9.97 Å². The van der Waals surface area contributed by atoms with Gasteiger partial charge < -0.3 is 19.3 Å². The van der Waals surface area contributed by atoms with E-state index in [4.69, 9.17) is 9.52 Å². The number of piperidine rings is 2. The van der Waals surface area contributed by atoms with E-state index in [1.807, 2.05) is 4.90 Å². The van der Waals surface area contributed by atoms with Gasteiger partial charge >= 0.3 is 12.1 Å². The summed E-state index contributed by atoms with van der Waals surface area (Å²) in [6.45, 7) is 2.44. The van der Waals surface area contributed by atoms with Crippen molar-refractivity contribution in [3.63, 3.8) is 0 Å². The lowest BCUT2D eigenvalue weighted by atomic mass is 9.93. The predicted octanol–water partition coefficient (Wildman–Crippen LogP) is 4.20. The number of carboxylic acids is 1. The quantitative estimate of drug-likeness (QED) is 0.589. The van der Waals surface area contributed by atoms with Crippen molar-refractivity contribution in [2.75, 3.05) is 36.0 Å². The minimum absolute atomic E-state index is 0.144. The van der Waals surface area contributed by atoms with Gasteiger partial charge in [-0.05, 0) is 49.7 Å². The maximum Gasteiger partial charge on any atom is 0.437 e. The van der Waals surface area contributed by atoms with Gasteiger partial charge in [0.2, 0.25) is 11.5 Å². The minimum atomic E-state index is -4.79. The zero-order chi connectivity index (χ0) is 24.3. The normalized spacial score (nSPS) is 17.7. The zero-order valence-corrected chi connectivity index (χ0v) is 18.7. The molecule has 2 aliphatic rings. The zero-order valence-electron chi connectivity index (χ0n) is 18.7. The number of hydrogen-bond donors (Lipinski definition) is 1. The van der Waals surface area contributed by atoms with Crippen LogP contribution >= 0.6 is 0 Å². The number of carbonyl (C=O) groups excluding carboxylic acids is 1. The van der Waals surface area contributed by atoms with E-state index in [2.05, 4.69) is 9.97 Å². The molecule has 0 aliphatic carbocycles. The van der Waals surface area contributed by atoms with Gasteiger partial charge in [-0.1, -0.05) is 6.07 Å². The van der Waals surface area contributed by atoms with E-state index in [0.717, 1.165) is 32.1 Å². The van der Waals surface area contributed by atoms with Crippen molar-refractivity contribution in [3.8, 4) is 0 Å². The van der Waals surface area contributed by atoms with Gasteiger partial charge in [0.15, 0.2) is 5.69 Å². The third-order valence-corrected chi connectivity index (χ3v) is 6.34. The Morgan fingerprint density at radius 1 is 1.06 bits per heavy atom. The Bertz CT molecular complexity index is 1010. The van der Waals surface area contributed by atoms with Gasteiger partial charge in [0, 0.05) is 45.2 Å². The number of pyridine rings is 1. The molecule has 0 saturated carbocycles. The number of halogens is 3. The molecular weight excluding hydrogens is 453 g/mol. The summed E-state index contributed by atoms with van der Waals surface area (Å²) in [4.78, 5) is 35.3. The molecule has 34 heavy (non-hydrogen) atoms. The molecule has 0 bridgehead atoms. The van der Waals surface area contributed by atoms with Crippen LogP contribution in [0.15, 0.2) is 22.7 Å². The summed E-state index contributed by atoms with van der Waals surface area (Å²) >= 11 is 0. The lowest BCUT2D eigenvalue weighted by Crippen LogP contribution is -2.34. The van der Waals surface area contributed by atoms with E-state index in [0.29, 0.717) is 37.6 Å². The second kappa shape index (κ2) is 10.0. The van der Waals surface area contributed by atoms with Crippen LogP contribution in [0.1, 0.15) is 60.3 Å². The molecule has 1 N–H and O–H groups in total. The van der Waals surface area contributed by atoms with Gasteiger partial charge in [-0.25, -0.2) is 4.98 Å². The van der Waals surface area contributed by atoms with Gasteiger partial charge in [0.1, 0.15) is 5.82 Å². The number of alkyl halides is 3. The molecule has 11 heteroatoms. The number of rotatable bonds is 7. The molecule has 4 rings (SSSR count). The first-order valence-corrected chi connectivity index (χ1v) is 11.5. The highest BCUT2D eigenvalue weighted by Crippen LogP contribution is 2.35. The van der Waals surface area contributed by atoms with E-state index >= 15 is 0 Å². The van der Waals surface area contributed by atoms with Gasteiger partial charge in [-0.15, -0.1) is 0 Å². The molecule has 0 radical (unpaired) electrons. The van der Waals surface area contributed by atoms with Gasteiger partial charge in [0.25, 0.3) is 6.01 Å². The molecule has 184 valence electrons. The fourth-order valence-corrected chi connectivity index (χ4v) is 4.50. The summed E-state index contributed by atoms with van der Waals surface area (Å²) in [5.74, 6) is -1.53. The topological polar surface area (TPSA) is 99.8 Å². The smallest absolute Gasteiger partial charge is 0.437 e. The molecule has 2 aromatic heterocycles. The molecule has 2 aromatic rings. The standard InChI is InChI=1S/C23H27F3N4O4/c24-23(25,26)21-20(34-22(28-21)30-8-2-1-3-9-30)17(31)12-16-4-5-18(27-14-16)29-10-6-15(7-11-29)13-19(32)33/h4-5,14-15H,1-3,6-13H2,(H,32,33). The van der Waals surface area contributed by atoms with Gasteiger partial charge in [-0.2, -0.15) is 18.2 Å². The Balaban J connectivity index is 1.42. The van der Waals surface area contributed by atoms with Gasteiger partial charge in [0.05, 0.1) is 0 Å². The molecule has 0 amide bonds. The number of hydrogen-bond acceptors (Lipinski definition) is 7. The van der Waals surface area contributed by atoms with Crippen molar-refractivity contribution in [2.45, 2.75) is 51.1 Å². The first-order chi connectivity index (χ1) is 16.2. The third-order valence-electron chi connectivity index (χ3n) is 6.34. The maximum atomic E-state index is 13.5. The number of aliphatic carboxylic acids is 1. The fourth-order valence-electron chi connectivity index (χ4n) is 4.50. The number of nitrogens with zero attached hydrogens (tertiary/aromatic N) is 4. The molecule has 0 spiro atoms. The fraction of sp³-hybridized carbons (Fsp3) is 0.565. The third kappa shape index (κ3) is 5.68. The Labute approximate surface area is 194 Å². The maximum absolute atomic E-state index is 13.5. The Hall–Kier alpha value is -3.11. The van der Waals surface area contributed by atoms with Gasteiger partial charge in [-0.3, -0.25) is 9.59 Å². The summed E-state index contributed by atoms with van der Waals surface area (Å²) in [5.41, 5.74) is -0.814. The first kappa shape index (κ1) is 24.0. The van der Waals surface area contributed by atoms with E-state index in [9.17, 15) is 22.8 Å². The Morgan fingerprint density at radius 2 is 1.76 bits per heavy atom. The number of Topliss-reactive ketones (excluding diaryl/α,β-unsaturated/α-hetero) is 1. The predicted molar refractivity (Wildman–Crippen MR) is 117 cm³/mol. The van der Waals surface area contributed by atoms with E-state index < -0.39 is 29.4 Å². The first-order valence-electron chi connectivity index (χ1n) is 11.5. The second-order valence-electron chi connectivity index (χ2n) is 8.87. The largest absolute Gasteiger partial charge is 0.481 e. The van der Waals surface area contributed by atoms with E-state index in [1.165, 1.54) is 6.20 Å². The number of aromatic nitrogens is 2. The molecule has 4 heterocycles. The second-order valence-corrected chi connectivity index (χ2v) is 8.87.